The smallest absolute Gasteiger partial charge is 0.312 e. The molecular formula is C15H13Cl2NO3. The molecule has 0 bridgehead atoms. The standard InChI is InChI=1S/C15H13Cl2NO3/c1-9-8-11(12(16)15(2,17)13(9)19)18-21-14(20)10-6-4-3-5-7-10/h3-8,12H,1-2H3/b18-11-. The number of nitrogens with zero attached hydrogens (tertiary/aromatic N) is 1. The van der Waals surface area contributed by atoms with Gasteiger partial charge in [-0.05, 0) is 37.6 Å². The van der Waals surface area contributed by atoms with Gasteiger partial charge < -0.3 is 4.84 Å². The van der Waals surface area contributed by atoms with Crippen LogP contribution >= 0.6 is 23.2 Å². The minimum Gasteiger partial charge on any atom is -0.312 e. The molecule has 110 valence electrons. The summed E-state index contributed by atoms with van der Waals surface area (Å²) in [6.45, 7) is 3.12. The number of alkyl halides is 2. The fourth-order valence-electron chi connectivity index (χ4n) is 1.93. The fraction of sp³-hybridized carbons (Fsp3) is 0.267. The van der Waals surface area contributed by atoms with Crippen LogP contribution in [0, 0.1) is 0 Å². The van der Waals surface area contributed by atoms with Gasteiger partial charge in [0.25, 0.3) is 0 Å². The third-order valence-electron chi connectivity index (χ3n) is 3.15. The first-order valence-corrected chi connectivity index (χ1v) is 7.06. The summed E-state index contributed by atoms with van der Waals surface area (Å²) in [6, 6.07) is 8.44. The highest BCUT2D eigenvalue weighted by molar-refractivity contribution is 6.50. The molecule has 0 spiro atoms. The van der Waals surface area contributed by atoms with Crippen molar-refractivity contribution in [3.05, 3.63) is 47.5 Å². The Morgan fingerprint density at radius 2 is 1.95 bits per heavy atom. The molecule has 0 aromatic heterocycles. The molecule has 0 saturated carbocycles. The third kappa shape index (κ3) is 3.17. The van der Waals surface area contributed by atoms with E-state index < -0.39 is 16.2 Å². The number of benzene rings is 1. The van der Waals surface area contributed by atoms with Crippen LogP contribution in [-0.4, -0.2) is 27.7 Å². The minimum atomic E-state index is -1.31. The summed E-state index contributed by atoms with van der Waals surface area (Å²) < 4.78 is 0. The lowest BCUT2D eigenvalue weighted by Crippen LogP contribution is -2.46. The maximum Gasteiger partial charge on any atom is 0.365 e. The van der Waals surface area contributed by atoms with E-state index in [0.717, 1.165) is 0 Å². The lowest BCUT2D eigenvalue weighted by molar-refractivity contribution is -0.117. The van der Waals surface area contributed by atoms with E-state index in [1.807, 2.05) is 0 Å². The zero-order valence-electron chi connectivity index (χ0n) is 11.5. The Morgan fingerprint density at radius 3 is 2.57 bits per heavy atom. The van der Waals surface area contributed by atoms with E-state index in [1.165, 1.54) is 13.0 Å². The highest BCUT2D eigenvalue weighted by atomic mass is 35.5. The zero-order chi connectivity index (χ0) is 15.6. The van der Waals surface area contributed by atoms with Crippen molar-refractivity contribution in [3.63, 3.8) is 0 Å². The van der Waals surface area contributed by atoms with Crippen LogP contribution in [0.1, 0.15) is 24.2 Å². The van der Waals surface area contributed by atoms with Gasteiger partial charge in [0.15, 0.2) is 5.78 Å². The van der Waals surface area contributed by atoms with Crippen LogP contribution in [0.25, 0.3) is 0 Å². The second-order valence-electron chi connectivity index (χ2n) is 4.86. The van der Waals surface area contributed by atoms with Crippen molar-refractivity contribution in [1.29, 1.82) is 0 Å². The van der Waals surface area contributed by atoms with Crippen molar-refractivity contribution in [2.45, 2.75) is 24.1 Å². The molecule has 1 aliphatic carbocycles. The topological polar surface area (TPSA) is 55.7 Å². The number of ketones is 1. The number of halogens is 2. The Labute approximate surface area is 132 Å². The molecule has 21 heavy (non-hydrogen) atoms. The molecule has 1 aromatic rings. The van der Waals surface area contributed by atoms with Gasteiger partial charge in [-0.25, -0.2) is 4.79 Å². The number of Topliss-reactive ketones (excluding diaryl/α,β-unsaturated/α-hetero) is 1. The molecule has 0 amide bonds. The van der Waals surface area contributed by atoms with Crippen molar-refractivity contribution < 1.29 is 14.4 Å². The molecule has 0 saturated heterocycles. The largest absolute Gasteiger partial charge is 0.365 e. The minimum absolute atomic E-state index is 0.246. The van der Waals surface area contributed by atoms with Gasteiger partial charge in [0.1, 0.15) is 16.0 Å². The van der Waals surface area contributed by atoms with Crippen molar-refractivity contribution in [2.75, 3.05) is 0 Å². The lowest BCUT2D eigenvalue weighted by Gasteiger charge is -2.29. The number of allylic oxidation sites excluding steroid dienone is 2. The predicted octanol–water partition coefficient (Wildman–Crippen LogP) is 3.33. The van der Waals surface area contributed by atoms with Crippen LogP contribution in [0.2, 0.25) is 0 Å². The van der Waals surface area contributed by atoms with Crippen LogP contribution in [0.4, 0.5) is 0 Å². The quantitative estimate of drug-likeness (QED) is 0.476. The number of carbonyl (C=O) groups is 2. The molecule has 1 aliphatic rings. The molecular weight excluding hydrogens is 313 g/mol. The molecule has 0 radical (unpaired) electrons. The zero-order valence-corrected chi connectivity index (χ0v) is 13.0. The molecule has 2 unspecified atom stereocenters. The fourth-order valence-corrected chi connectivity index (χ4v) is 2.40. The summed E-state index contributed by atoms with van der Waals surface area (Å²) in [5, 5.41) is 2.87. The lowest BCUT2D eigenvalue weighted by atomic mass is 9.87. The normalized spacial score (nSPS) is 27.4. The van der Waals surface area contributed by atoms with E-state index >= 15 is 0 Å². The molecule has 0 aliphatic heterocycles. The Kier molecular flexibility index (Phi) is 4.49. The van der Waals surface area contributed by atoms with Gasteiger partial charge in [0.2, 0.25) is 0 Å². The van der Waals surface area contributed by atoms with Crippen molar-refractivity contribution in [1.82, 2.24) is 0 Å². The van der Waals surface area contributed by atoms with Crippen molar-refractivity contribution >= 4 is 40.7 Å². The average Bonchev–Trinajstić information content (AvgIpc) is 2.48. The summed E-state index contributed by atoms with van der Waals surface area (Å²) >= 11 is 12.3. The van der Waals surface area contributed by atoms with Gasteiger partial charge in [0.05, 0.1) is 5.56 Å². The molecule has 2 atom stereocenters. The van der Waals surface area contributed by atoms with E-state index in [9.17, 15) is 9.59 Å². The van der Waals surface area contributed by atoms with Crippen LogP contribution in [0.5, 0.6) is 0 Å². The average molecular weight is 326 g/mol. The SMILES string of the molecule is CC1=C/C(=N/OC(=O)c2ccccc2)C(Cl)C(C)(Cl)C1=O. The molecule has 4 nitrogen and oxygen atoms in total. The number of carbonyl (C=O) groups excluding carboxylic acids is 2. The van der Waals surface area contributed by atoms with E-state index in [1.54, 1.807) is 37.3 Å². The molecule has 0 heterocycles. The molecule has 0 fully saturated rings. The first-order valence-electron chi connectivity index (χ1n) is 6.24. The maximum absolute atomic E-state index is 11.9. The van der Waals surface area contributed by atoms with E-state index in [0.29, 0.717) is 11.1 Å². The second-order valence-corrected chi connectivity index (χ2v) is 6.08. The van der Waals surface area contributed by atoms with Crippen LogP contribution in [0.15, 0.2) is 47.1 Å². The van der Waals surface area contributed by atoms with E-state index in [2.05, 4.69) is 5.16 Å². The predicted molar refractivity (Wildman–Crippen MR) is 82.0 cm³/mol. The Bertz CT molecular complexity index is 636. The second kappa shape index (κ2) is 6.00. The van der Waals surface area contributed by atoms with Gasteiger partial charge in [-0.1, -0.05) is 23.4 Å². The van der Waals surface area contributed by atoms with Gasteiger partial charge in [-0.3, -0.25) is 4.79 Å². The maximum atomic E-state index is 11.9. The highest BCUT2D eigenvalue weighted by Gasteiger charge is 2.44. The van der Waals surface area contributed by atoms with E-state index in [4.69, 9.17) is 28.0 Å². The van der Waals surface area contributed by atoms with Crippen molar-refractivity contribution in [2.24, 2.45) is 5.16 Å². The Balaban J connectivity index is 2.22. The summed E-state index contributed by atoms with van der Waals surface area (Å²) in [5.74, 6) is -0.872. The van der Waals surface area contributed by atoms with Crippen LogP contribution in [0.3, 0.4) is 0 Å². The van der Waals surface area contributed by atoms with Crippen LogP contribution in [-0.2, 0) is 9.63 Å². The molecule has 6 heteroatoms. The third-order valence-corrected chi connectivity index (χ3v) is 4.31. The highest BCUT2D eigenvalue weighted by Crippen LogP contribution is 2.33. The number of rotatable bonds is 2. The number of hydrogen-bond donors (Lipinski definition) is 0. The first-order chi connectivity index (χ1) is 9.84. The summed E-state index contributed by atoms with van der Waals surface area (Å²) in [5.41, 5.74) is 1.03. The van der Waals surface area contributed by atoms with Gasteiger partial charge in [-0.2, -0.15) is 0 Å². The Morgan fingerprint density at radius 1 is 1.33 bits per heavy atom. The summed E-state index contributed by atoms with van der Waals surface area (Å²) in [6.07, 6.45) is 1.47. The number of hydrogen-bond acceptors (Lipinski definition) is 4. The van der Waals surface area contributed by atoms with Crippen LogP contribution < -0.4 is 0 Å². The van der Waals surface area contributed by atoms with Crippen molar-refractivity contribution in [3.8, 4) is 0 Å². The van der Waals surface area contributed by atoms with Gasteiger partial charge in [-0.15, -0.1) is 23.2 Å². The molecule has 2 rings (SSSR count). The number of oxime groups is 1. The summed E-state index contributed by atoms with van der Waals surface area (Å²) in [4.78, 5) is 27.3. The first kappa shape index (κ1) is 15.7. The van der Waals surface area contributed by atoms with Gasteiger partial charge >= 0.3 is 5.97 Å². The molecule has 1 aromatic carbocycles. The molecule has 0 N–H and O–H groups in total. The monoisotopic (exact) mass is 325 g/mol. The van der Waals surface area contributed by atoms with E-state index in [-0.39, 0.29) is 11.5 Å². The Hall–Kier alpha value is -1.65. The summed E-state index contributed by atoms with van der Waals surface area (Å²) in [7, 11) is 0. The van der Waals surface area contributed by atoms with Gasteiger partial charge in [0, 0.05) is 0 Å².